The molecule has 0 aliphatic carbocycles. The fourth-order valence-corrected chi connectivity index (χ4v) is 4.70. The number of aliphatic imine (C=N–C) groups is 1. The molecule has 1 spiro atoms. The maximum absolute atomic E-state index is 6.27. The number of fused-ring (bicyclic) bond motifs is 3. The summed E-state index contributed by atoms with van der Waals surface area (Å²) in [5.41, 5.74) is 0.595. The standard InChI is InChI=1S/C15H18N6O2S/c1-22-12-16-6-10-11(19-12)24-14(18-10)20-13-17-7-15(23-13)8-21-4-2-9(15)3-5-21/h6,9H,2-5,7-8H2,1H3,(H,17,18,20). The minimum Gasteiger partial charge on any atom is -0.467 e. The predicted octanol–water partition coefficient (Wildman–Crippen LogP) is 1.36. The van der Waals surface area contributed by atoms with Crippen LogP contribution in [-0.4, -0.2) is 64.8 Å². The Kier molecular flexibility index (Phi) is 3.14. The summed E-state index contributed by atoms with van der Waals surface area (Å²) < 4.78 is 11.3. The van der Waals surface area contributed by atoms with Crippen molar-refractivity contribution in [3.05, 3.63) is 6.20 Å². The number of nitrogens with one attached hydrogen (secondary N) is 1. The second-order valence-electron chi connectivity index (χ2n) is 6.53. The lowest BCUT2D eigenvalue weighted by molar-refractivity contribution is -0.0829. The first-order chi connectivity index (χ1) is 11.7. The van der Waals surface area contributed by atoms with Crippen LogP contribution in [0.4, 0.5) is 5.13 Å². The number of rotatable bonds is 2. The number of ether oxygens (including phenoxy) is 2. The number of piperidine rings is 3. The van der Waals surface area contributed by atoms with Crippen molar-refractivity contribution in [1.82, 2.24) is 19.9 Å². The van der Waals surface area contributed by atoms with Crippen molar-refractivity contribution < 1.29 is 9.47 Å². The second-order valence-corrected chi connectivity index (χ2v) is 7.51. The van der Waals surface area contributed by atoms with E-state index in [0.29, 0.717) is 23.1 Å². The Hall–Kier alpha value is -2.00. The summed E-state index contributed by atoms with van der Waals surface area (Å²) in [5, 5.41) is 3.92. The molecular weight excluding hydrogens is 328 g/mol. The van der Waals surface area contributed by atoms with Gasteiger partial charge in [-0.1, -0.05) is 11.3 Å². The molecule has 24 heavy (non-hydrogen) atoms. The lowest BCUT2D eigenvalue weighted by Gasteiger charge is -2.50. The topological polar surface area (TPSA) is 84.8 Å². The fourth-order valence-electron chi connectivity index (χ4n) is 3.91. The van der Waals surface area contributed by atoms with E-state index >= 15 is 0 Å². The molecule has 126 valence electrons. The molecule has 2 bridgehead atoms. The number of anilines is 1. The molecule has 2 aromatic rings. The Balaban J connectivity index is 1.34. The molecule has 2 aromatic heterocycles. The van der Waals surface area contributed by atoms with Gasteiger partial charge >= 0.3 is 6.01 Å². The highest BCUT2D eigenvalue weighted by atomic mass is 32.1. The lowest BCUT2D eigenvalue weighted by Crippen LogP contribution is -2.61. The highest BCUT2D eigenvalue weighted by molar-refractivity contribution is 7.21. The Bertz CT molecular complexity index is 815. The van der Waals surface area contributed by atoms with Crippen molar-refractivity contribution in [3.8, 4) is 6.01 Å². The number of amidine groups is 1. The average Bonchev–Trinajstić information content (AvgIpc) is 3.19. The van der Waals surface area contributed by atoms with Crippen molar-refractivity contribution >= 4 is 32.8 Å². The van der Waals surface area contributed by atoms with Crippen molar-refractivity contribution in [2.75, 3.05) is 38.6 Å². The van der Waals surface area contributed by atoms with Gasteiger partial charge in [0.2, 0.25) is 0 Å². The van der Waals surface area contributed by atoms with Crippen LogP contribution < -0.4 is 10.1 Å². The van der Waals surface area contributed by atoms with E-state index in [9.17, 15) is 0 Å². The third kappa shape index (κ3) is 2.22. The molecule has 6 rings (SSSR count). The molecule has 4 aliphatic rings. The molecule has 0 aromatic carbocycles. The number of hydrogen-bond donors (Lipinski definition) is 1. The maximum atomic E-state index is 6.27. The Labute approximate surface area is 142 Å². The normalized spacial score (nSPS) is 31.3. The van der Waals surface area contributed by atoms with Crippen molar-refractivity contribution in [2.24, 2.45) is 10.9 Å². The van der Waals surface area contributed by atoms with E-state index in [1.165, 1.54) is 37.3 Å². The number of hydrogen-bond acceptors (Lipinski definition) is 9. The third-order valence-electron chi connectivity index (χ3n) is 5.14. The molecule has 3 saturated heterocycles. The van der Waals surface area contributed by atoms with Crippen molar-refractivity contribution in [3.63, 3.8) is 0 Å². The van der Waals surface area contributed by atoms with Gasteiger partial charge in [-0.3, -0.25) is 10.2 Å². The van der Waals surface area contributed by atoms with Crippen molar-refractivity contribution in [1.29, 1.82) is 0 Å². The zero-order chi connectivity index (χ0) is 16.1. The quantitative estimate of drug-likeness (QED) is 0.879. The SMILES string of the molecule is COc1ncc2nc(NC3=NCC4(CN5CCC4CC5)O3)sc2n1. The van der Waals surface area contributed by atoms with E-state index < -0.39 is 0 Å². The molecule has 8 nitrogen and oxygen atoms in total. The summed E-state index contributed by atoms with van der Waals surface area (Å²) in [5.74, 6) is 0.607. The van der Waals surface area contributed by atoms with Crippen LogP contribution in [0.2, 0.25) is 0 Å². The van der Waals surface area contributed by atoms with Crippen LogP contribution >= 0.6 is 11.3 Å². The van der Waals surface area contributed by atoms with Gasteiger partial charge in [0.25, 0.3) is 6.02 Å². The Morgan fingerprint density at radius 2 is 2.25 bits per heavy atom. The number of thiazole rings is 1. The summed E-state index contributed by atoms with van der Waals surface area (Å²) in [4.78, 5) is 20.7. The van der Waals surface area contributed by atoms with E-state index in [1.807, 2.05) is 0 Å². The van der Waals surface area contributed by atoms with Crippen LogP contribution in [0.3, 0.4) is 0 Å². The zero-order valence-corrected chi connectivity index (χ0v) is 14.2. The van der Waals surface area contributed by atoms with Gasteiger partial charge in [-0.05, 0) is 25.9 Å². The first-order valence-corrected chi connectivity index (χ1v) is 8.96. The molecule has 0 saturated carbocycles. The second kappa shape index (κ2) is 5.25. The van der Waals surface area contributed by atoms with Gasteiger partial charge in [0.1, 0.15) is 11.1 Å². The summed E-state index contributed by atoms with van der Waals surface area (Å²) in [6.45, 7) is 4.09. The van der Waals surface area contributed by atoms with Crippen LogP contribution in [-0.2, 0) is 4.74 Å². The van der Waals surface area contributed by atoms with Gasteiger partial charge in [0, 0.05) is 12.5 Å². The molecule has 4 aliphatic heterocycles. The van der Waals surface area contributed by atoms with E-state index in [-0.39, 0.29) is 5.60 Å². The molecule has 0 radical (unpaired) electrons. The van der Waals surface area contributed by atoms with Crippen molar-refractivity contribution in [2.45, 2.75) is 18.4 Å². The Morgan fingerprint density at radius 3 is 3.00 bits per heavy atom. The third-order valence-corrected chi connectivity index (χ3v) is 6.02. The summed E-state index contributed by atoms with van der Waals surface area (Å²) in [7, 11) is 1.55. The highest BCUT2D eigenvalue weighted by Gasteiger charge is 2.51. The minimum atomic E-state index is -0.140. The average molecular weight is 346 g/mol. The van der Waals surface area contributed by atoms with E-state index in [0.717, 1.165) is 23.4 Å². The fraction of sp³-hybridized carbons (Fsp3) is 0.600. The van der Waals surface area contributed by atoms with Gasteiger partial charge < -0.3 is 9.47 Å². The van der Waals surface area contributed by atoms with Crippen LogP contribution in [0.25, 0.3) is 10.3 Å². The summed E-state index contributed by atoms with van der Waals surface area (Å²) >= 11 is 1.44. The number of nitrogens with zero attached hydrogens (tertiary/aromatic N) is 5. The van der Waals surface area contributed by atoms with Gasteiger partial charge in [-0.15, -0.1) is 0 Å². The molecule has 3 fully saturated rings. The maximum Gasteiger partial charge on any atom is 0.317 e. The zero-order valence-electron chi connectivity index (χ0n) is 13.4. The van der Waals surface area contributed by atoms with Crippen LogP contribution in [0, 0.1) is 5.92 Å². The van der Waals surface area contributed by atoms with Gasteiger partial charge in [-0.2, -0.15) is 4.98 Å². The number of aromatic nitrogens is 3. The number of methoxy groups -OCH3 is 1. The predicted molar refractivity (Wildman–Crippen MR) is 90.7 cm³/mol. The molecule has 9 heteroatoms. The molecule has 1 unspecified atom stereocenters. The molecule has 1 atom stereocenters. The van der Waals surface area contributed by atoms with E-state index in [1.54, 1.807) is 13.3 Å². The van der Waals surface area contributed by atoms with Crippen LogP contribution in [0.1, 0.15) is 12.8 Å². The molecular formula is C15H18N6O2S. The van der Waals surface area contributed by atoms with Crippen LogP contribution in [0.15, 0.2) is 11.2 Å². The molecule has 6 heterocycles. The molecule has 1 N–H and O–H groups in total. The van der Waals surface area contributed by atoms with Gasteiger partial charge in [0.05, 0.1) is 19.9 Å². The Morgan fingerprint density at radius 1 is 1.38 bits per heavy atom. The first-order valence-electron chi connectivity index (χ1n) is 8.14. The lowest BCUT2D eigenvalue weighted by atomic mass is 9.75. The molecule has 0 amide bonds. The smallest absolute Gasteiger partial charge is 0.317 e. The van der Waals surface area contributed by atoms with Gasteiger partial charge in [0.15, 0.2) is 9.96 Å². The highest BCUT2D eigenvalue weighted by Crippen LogP contribution is 2.41. The minimum absolute atomic E-state index is 0.140. The van der Waals surface area contributed by atoms with E-state index in [4.69, 9.17) is 9.47 Å². The van der Waals surface area contributed by atoms with Gasteiger partial charge in [-0.25, -0.2) is 15.0 Å². The first kappa shape index (κ1) is 14.4. The van der Waals surface area contributed by atoms with E-state index in [2.05, 4.69) is 30.2 Å². The summed E-state index contributed by atoms with van der Waals surface area (Å²) in [6.07, 6.45) is 4.08. The largest absolute Gasteiger partial charge is 0.467 e. The van der Waals surface area contributed by atoms with Crippen LogP contribution in [0.5, 0.6) is 6.01 Å². The monoisotopic (exact) mass is 346 g/mol. The summed E-state index contributed by atoms with van der Waals surface area (Å²) in [6, 6.07) is 0.918.